The van der Waals surface area contributed by atoms with Crippen molar-refractivity contribution >= 4 is 43.4 Å². The molecule has 0 aliphatic heterocycles. The maximum Gasteiger partial charge on any atom is 0.573 e. The minimum Gasteiger partial charge on any atom is -0.495 e. The Balaban J connectivity index is 1.72. The number of carbonyl (C=O) groups is 2. The van der Waals surface area contributed by atoms with E-state index in [-0.39, 0.29) is 17.1 Å². The van der Waals surface area contributed by atoms with Crippen LogP contribution in [0.5, 0.6) is 17.2 Å². The van der Waals surface area contributed by atoms with Crippen LogP contribution >= 0.6 is 11.3 Å². The van der Waals surface area contributed by atoms with Crippen LogP contribution in [0.1, 0.15) is 12.0 Å². The first-order valence-corrected chi connectivity index (χ1v) is 12.5. The SMILES string of the molecule is C=CC(=O)OCCCc1ccc(-c2ccc3c(sc4c(OC(F)(F)F)c(OC(=O)C=C)ccc43)c2OC)cc1. The summed E-state index contributed by atoms with van der Waals surface area (Å²) < 4.78 is 60.7. The smallest absolute Gasteiger partial charge is 0.495 e. The maximum absolute atomic E-state index is 13.3. The Hall–Kier alpha value is -4.31. The number of rotatable bonds is 10. The first kappa shape index (κ1) is 27.7. The fraction of sp³-hybridized carbons (Fsp3) is 0.172. The minimum atomic E-state index is -5.01. The molecule has 0 spiro atoms. The Kier molecular flexibility index (Phi) is 8.25. The van der Waals surface area contributed by atoms with Crippen LogP contribution < -0.4 is 14.2 Å². The number of benzene rings is 3. The summed E-state index contributed by atoms with van der Waals surface area (Å²) >= 11 is 1.04. The fourth-order valence-corrected chi connectivity index (χ4v) is 5.37. The predicted octanol–water partition coefficient (Wildman–Crippen LogP) is 7.38. The number of halogens is 3. The van der Waals surface area contributed by atoms with Crippen molar-refractivity contribution in [2.24, 2.45) is 0 Å². The van der Waals surface area contributed by atoms with Gasteiger partial charge in [-0.3, -0.25) is 0 Å². The first-order valence-electron chi connectivity index (χ1n) is 11.7. The monoisotopic (exact) mass is 556 g/mol. The van der Waals surface area contributed by atoms with Crippen LogP contribution in [0.4, 0.5) is 13.2 Å². The molecule has 1 heterocycles. The molecule has 0 fully saturated rings. The molecule has 39 heavy (non-hydrogen) atoms. The van der Waals surface area contributed by atoms with Gasteiger partial charge in [-0.1, -0.05) is 43.5 Å². The molecule has 1 aromatic heterocycles. The van der Waals surface area contributed by atoms with Gasteiger partial charge in [-0.25, -0.2) is 9.59 Å². The molecule has 0 unspecified atom stereocenters. The number of methoxy groups -OCH3 is 1. The quantitative estimate of drug-likeness (QED) is 0.0879. The third-order valence-electron chi connectivity index (χ3n) is 5.77. The van der Waals surface area contributed by atoms with Gasteiger partial charge in [-0.05, 0) is 42.2 Å². The molecule has 0 bridgehead atoms. The molecule has 0 aliphatic carbocycles. The van der Waals surface area contributed by atoms with E-state index in [9.17, 15) is 22.8 Å². The van der Waals surface area contributed by atoms with E-state index in [1.54, 1.807) is 12.1 Å². The number of hydrogen-bond acceptors (Lipinski definition) is 7. The van der Waals surface area contributed by atoms with Crippen LogP contribution in [0.3, 0.4) is 0 Å². The lowest BCUT2D eigenvalue weighted by molar-refractivity contribution is -0.274. The van der Waals surface area contributed by atoms with Crippen LogP contribution in [-0.2, 0) is 20.7 Å². The van der Waals surface area contributed by atoms with Crippen LogP contribution in [-0.4, -0.2) is 32.0 Å². The fourth-order valence-electron chi connectivity index (χ4n) is 4.07. The summed E-state index contributed by atoms with van der Waals surface area (Å²) in [6, 6.07) is 14.2. The second-order valence-corrected chi connectivity index (χ2v) is 9.26. The third kappa shape index (κ3) is 6.23. The summed E-state index contributed by atoms with van der Waals surface area (Å²) in [4.78, 5) is 22.9. The lowest BCUT2D eigenvalue weighted by atomic mass is 10.00. The van der Waals surface area contributed by atoms with Gasteiger partial charge >= 0.3 is 18.3 Å². The summed E-state index contributed by atoms with van der Waals surface area (Å²) in [5, 5.41) is 1.15. The van der Waals surface area contributed by atoms with Gasteiger partial charge in [0.2, 0.25) is 0 Å². The Labute approximate surface area is 225 Å². The number of ether oxygens (including phenoxy) is 4. The molecule has 3 aromatic carbocycles. The van der Waals surface area contributed by atoms with Crippen molar-refractivity contribution < 1.29 is 41.7 Å². The normalized spacial score (nSPS) is 11.3. The second kappa shape index (κ2) is 11.6. The van der Waals surface area contributed by atoms with E-state index < -0.39 is 24.1 Å². The molecule has 4 aromatic rings. The Morgan fingerprint density at radius 3 is 2.15 bits per heavy atom. The molecule has 10 heteroatoms. The number of alkyl halides is 3. The molecule has 0 saturated heterocycles. The Morgan fingerprint density at radius 2 is 1.54 bits per heavy atom. The van der Waals surface area contributed by atoms with E-state index >= 15 is 0 Å². The lowest BCUT2D eigenvalue weighted by Crippen LogP contribution is -2.18. The lowest BCUT2D eigenvalue weighted by Gasteiger charge is -2.13. The Morgan fingerprint density at radius 1 is 0.897 bits per heavy atom. The number of aryl methyl sites for hydroxylation is 1. The second-order valence-electron chi connectivity index (χ2n) is 8.24. The summed E-state index contributed by atoms with van der Waals surface area (Å²) in [6.45, 7) is 6.93. The van der Waals surface area contributed by atoms with Gasteiger partial charge in [0.25, 0.3) is 0 Å². The highest BCUT2D eigenvalue weighted by Gasteiger charge is 2.34. The maximum atomic E-state index is 13.3. The van der Waals surface area contributed by atoms with E-state index in [1.165, 1.54) is 13.2 Å². The largest absolute Gasteiger partial charge is 0.573 e. The zero-order valence-corrected chi connectivity index (χ0v) is 21.6. The zero-order valence-electron chi connectivity index (χ0n) is 20.8. The van der Waals surface area contributed by atoms with Gasteiger partial charge in [0, 0.05) is 28.5 Å². The van der Waals surface area contributed by atoms with Crippen molar-refractivity contribution in [3.8, 4) is 28.4 Å². The van der Waals surface area contributed by atoms with E-state index in [0.717, 1.165) is 40.2 Å². The van der Waals surface area contributed by atoms with Gasteiger partial charge in [0.15, 0.2) is 11.5 Å². The summed E-state index contributed by atoms with van der Waals surface area (Å²) in [5.41, 5.74) is 2.64. The van der Waals surface area contributed by atoms with Gasteiger partial charge in [-0.15, -0.1) is 24.5 Å². The molecule has 202 valence electrons. The van der Waals surface area contributed by atoms with Gasteiger partial charge in [0.1, 0.15) is 5.75 Å². The number of hydrogen-bond donors (Lipinski definition) is 0. The van der Waals surface area contributed by atoms with E-state index in [4.69, 9.17) is 14.2 Å². The molecule has 0 radical (unpaired) electrons. The van der Waals surface area contributed by atoms with Crippen molar-refractivity contribution in [1.82, 2.24) is 0 Å². The van der Waals surface area contributed by atoms with Crippen molar-refractivity contribution in [1.29, 1.82) is 0 Å². The molecule has 0 saturated carbocycles. The topological polar surface area (TPSA) is 71.1 Å². The molecular formula is C29H23F3O6S. The number of carbonyl (C=O) groups excluding carboxylic acids is 2. The average Bonchev–Trinajstić information content (AvgIpc) is 3.30. The van der Waals surface area contributed by atoms with Crippen LogP contribution in [0.2, 0.25) is 0 Å². The van der Waals surface area contributed by atoms with Crippen molar-refractivity contribution in [2.45, 2.75) is 19.2 Å². The third-order valence-corrected chi connectivity index (χ3v) is 6.99. The molecule has 0 amide bonds. The van der Waals surface area contributed by atoms with Crippen LogP contribution in [0, 0.1) is 0 Å². The number of fused-ring (bicyclic) bond motifs is 3. The molecule has 0 N–H and O–H groups in total. The van der Waals surface area contributed by atoms with Gasteiger partial charge < -0.3 is 18.9 Å². The van der Waals surface area contributed by atoms with Crippen molar-refractivity contribution in [3.05, 3.63) is 79.4 Å². The standard InChI is InChI=1S/C29H23F3O6S/c1-4-23(33)36-16-6-7-17-8-10-18(11-9-17)19-12-13-20-21-14-15-22(37-24(34)5-2)26(38-29(30,31)32)28(21)39-27(20)25(19)35-3/h4-5,8-15H,1-2,6-7,16H2,3H3. The van der Waals surface area contributed by atoms with Gasteiger partial charge in [0.05, 0.1) is 23.1 Å². The average molecular weight is 557 g/mol. The van der Waals surface area contributed by atoms with Crippen LogP contribution in [0.25, 0.3) is 31.3 Å². The highest BCUT2D eigenvalue weighted by Crippen LogP contribution is 2.50. The summed E-state index contributed by atoms with van der Waals surface area (Å²) in [7, 11) is 1.49. The summed E-state index contributed by atoms with van der Waals surface area (Å²) in [6.07, 6.45) is -1.68. The highest BCUT2D eigenvalue weighted by molar-refractivity contribution is 7.26. The van der Waals surface area contributed by atoms with Crippen LogP contribution in [0.15, 0.2) is 73.8 Å². The van der Waals surface area contributed by atoms with E-state index in [0.29, 0.717) is 34.1 Å². The molecule has 4 rings (SSSR count). The molecule has 0 atom stereocenters. The Bertz CT molecular complexity index is 1550. The predicted molar refractivity (Wildman–Crippen MR) is 143 cm³/mol. The van der Waals surface area contributed by atoms with Gasteiger partial charge in [-0.2, -0.15) is 0 Å². The number of thiophene rings is 1. The summed E-state index contributed by atoms with van der Waals surface area (Å²) in [5.74, 6) is -1.86. The van der Waals surface area contributed by atoms with Crippen molar-refractivity contribution in [2.75, 3.05) is 13.7 Å². The molecular weight excluding hydrogens is 533 g/mol. The zero-order chi connectivity index (χ0) is 28.2. The highest BCUT2D eigenvalue weighted by atomic mass is 32.1. The van der Waals surface area contributed by atoms with E-state index in [1.807, 2.05) is 30.3 Å². The van der Waals surface area contributed by atoms with Crippen molar-refractivity contribution in [3.63, 3.8) is 0 Å². The first-order chi connectivity index (χ1) is 18.6. The molecule has 6 nitrogen and oxygen atoms in total. The minimum absolute atomic E-state index is 0.152. The molecule has 0 aliphatic rings. The number of esters is 2. The van der Waals surface area contributed by atoms with E-state index in [2.05, 4.69) is 17.9 Å².